The van der Waals surface area contributed by atoms with E-state index in [2.05, 4.69) is 102 Å². The fourth-order valence-electron chi connectivity index (χ4n) is 5.17. The van der Waals surface area contributed by atoms with Crippen molar-refractivity contribution in [2.24, 2.45) is 0 Å². The number of rotatable bonds is 7. The molecule has 148 valence electrons. The molecule has 0 amide bonds. The van der Waals surface area contributed by atoms with E-state index < -0.39 is 8.07 Å². The fraction of sp³-hybridized carbons (Fsp3) is 0.400. The molecule has 3 aromatic rings. The minimum atomic E-state index is -1.91. The van der Waals surface area contributed by atoms with Crippen LogP contribution in [-0.2, 0) is 0 Å². The Morgan fingerprint density at radius 1 is 0.679 bits per heavy atom. The smallest absolute Gasteiger partial charge is 0.167 e. The first-order chi connectivity index (χ1) is 13.4. The second kappa shape index (κ2) is 8.48. The number of benzene rings is 2. The van der Waals surface area contributed by atoms with Crippen LogP contribution in [0.3, 0.4) is 0 Å². The van der Waals surface area contributed by atoms with Gasteiger partial charge >= 0.3 is 0 Å². The molecule has 0 aliphatic rings. The predicted octanol–water partition coefficient (Wildman–Crippen LogP) is 6.74. The first-order valence-corrected chi connectivity index (χ1v) is 12.7. The highest BCUT2D eigenvalue weighted by atomic mass is 28.3. The van der Waals surface area contributed by atoms with Crippen molar-refractivity contribution >= 4 is 13.6 Å². The molecular formula is C25H33NOSi. The average Bonchev–Trinajstić information content (AvgIpc) is 3.13. The Morgan fingerprint density at radius 2 is 1.11 bits per heavy atom. The second-order valence-corrected chi connectivity index (χ2v) is 14.5. The molecule has 0 radical (unpaired) electrons. The Morgan fingerprint density at radius 3 is 1.50 bits per heavy atom. The minimum absolute atomic E-state index is 0.0711. The SMILES string of the molecule is CC(C)[Si](c1ncc(C(c2ccccc2)c2ccccc2)o1)(C(C)C)C(C)C. The summed E-state index contributed by atoms with van der Waals surface area (Å²) in [4.78, 5) is 4.92. The van der Waals surface area contributed by atoms with Gasteiger partial charge in [-0.15, -0.1) is 0 Å². The Balaban J connectivity index is 2.14. The van der Waals surface area contributed by atoms with Crippen LogP contribution in [-0.4, -0.2) is 13.1 Å². The van der Waals surface area contributed by atoms with Gasteiger partial charge in [0.2, 0.25) is 0 Å². The van der Waals surface area contributed by atoms with Crippen molar-refractivity contribution in [1.82, 2.24) is 4.98 Å². The molecule has 28 heavy (non-hydrogen) atoms. The molecule has 0 unspecified atom stereocenters. The first kappa shape index (κ1) is 20.6. The maximum absolute atomic E-state index is 6.65. The standard InChI is InChI=1S/C25H33NOSi/c1-18(2)28(19(3)4,20(5)6)25-26-17-23(27-25)24(21-13-9-7-10-14-21)22-15-11-8-12-16-22/h7-20,24H,1-6H3. The van der Waals surface area contributed by atoms with Gasteiger partial charge in [-0.1, -0.05) is 102 Å². The van der Waals surface area contributed by atoms with Gasteiger partial charge in [0, 0.05) is 0 Å². The van der Waals surface area contributed by atoms with E-state index in [4.69, 9.17) is 9.40 Å². The molecule has 0 saturated heterocycles. The van der Waals surface area contributed by atoms with Crippen LogP contribution in [0.5, 0.6) is 0 Å². The zero-order valence-corrected chi connectivity index (χ0v) is 19.0. The molecule has 3 rings (SSSR count). The second-order valence-electron chi connectivity index (χ2n) is 8.72. The molecule has 0 spiro atoms. The molecule has 0 N–H and O–H groups in total. The third-order valence-corrected chi connectivity index (χ3v) is 13.0. The van der Waals surface area contributed by atoms with Crippen LogP contribution >= 0.6 is 0 Å². The quantitative estimate of drug-likeness (QED) is 0.417. The lowest BCUT2D eigenvalue weighted by Crippen LogP contribution is -2.56. The van der Waals surface area contributed by atoms with Crippen LogP contribution in [0.25, 0.3) is 0 Å². The molecule has 0 aliphatic heterocycles. The van der Waals surface area contributed by atoms with Crippen LogP contribution in [0.2, 0.25) is 16.6 Å². The maximum Gasteiger partial charge on any atom is 0.167 e. The average molecular weight is 392 g/mol. The third kappa shape index (κ3) is 3.60. The van der Waals surface area contributed by atoms with Crippen LogP contribution in [0, 0.1) is 0 Å². The van der Waals surface area contributed by atoms with Gasteiger partial charge in [0.25, 0.3) is 0 Å². The molecule has 0 atom stereocenters. The third-order valence-electron chi connectivity index (χ3n) is 6.31. The highest BCUT2D eigenvalue weighted by Gasteiger charge is 2.49. The molecule has 0 fully saturated rings. The highest BCUT2D eigenvalue weighted by molar-refractivity contribution is 6.93. The van der Waals surface area contributed by atoms with Gasteiger partial charge in [-0.2, -0.15) is 0 Å². The van der Waals surface area contributed by atoms with Gasteiger partial charge in [0.1, 0.15) is 5.76 Å². The zero-order valence-electron chi connectivity index (χ0n) is 18.0. The first-order valence-electron chi connectivity index (χ1n) is 10.4. The lowest BCUT2D eigenvalue weighted by atomic mass is 9.90. The normalized spacial score (nSPS) is 12.5. The number of oxazole rings is 1. The van der Waals surface area contributed by atoms with E-state index >= 15 is 0 Å². The van der Waals surface area contributed by atoms with Gasteiger partial charge in [-0.05, 0) is 27.8 Å². The van der Waals surface area contributed by atoms with E-state index in [9.17, 15) is 0 Å². The summed E-state index contributed by atoms with van der Waals surface area (Å²) in [5, 5.41) is 0. The molecule has 2 aromatic carbocycles. The van der Waals surface area contributed by atoms with Gasteiger partial charge in [0.15, 0.2) is 13.6 Å². The number of aromatic nitrogens is 1. The minimum Gasteiger partial charge on any atom is -0.450 e. The van der Waals surface area contributed by atoms with Crippen molar-refractivity contribution < 1.29 is 4.42 Å². The van der Waals surface area contributed by atoms with Crippen molar-refractivity contribution in [2.45, 2.75) is 64.1 Å². The van der Waals surface area contributed by atoms with Gasteiger partial charge < -0.3 is 4.42 Å². The van der Waals surface area contributed by atoms with Gasteiger partial charge in [-0.3, -0.25) is 0 Å². The van der Waals surface area contributed by atoms with Crippen molar-refractivity contribution in [3.63, 3.8) is 0 Å². The Hall–Kier alpha value is -2.13. The van der Waals surface area contributed by atoms with Crippen molar-refractivity contribution in [1.29, 1.82) is 0 Å². The van der Waals surface area contributed by atoms with Crippen LogP contribution in [0.15, 0.2) is 71.3 Å². The molecule has 0 bridgehead atoms. The van der Waals surface area contributed by atoms with Crippen molar-refractivity contribution in [2.75, 3.05) is 0 Å². The summed E-state index contributed by atoms with van der Waals surface area (Å²) in [6, 6.07) is 21.2. The molecule has 0 saturated carbocycles. The van der Waals surface area contributed by atoms with Crippen LogP contribution in [0.1, 0.15) is 64.3 Å². The van der Waals surface area contributed by atoms with Crippen molar-refractivity contribution in [3.8, 4) is 0 Å². The summed E-state index contributed by atoms with van der Waals surface area (Å²) >= 11 is 0. The summed E-state index contributed by atoms with van der Waals surface area (Å²) in [5.41, 5.74) is 5.21. The van der Waals surface area contributed by atoms with E-state index in [0.717, 1.165) is 11.3 Å². The fourth-order valence-corrected chi connectivity index (χ4v) is 11.2. The molecular weight excluding hydrogens is 358 g/mol. The molecule has 2 nitrogen and oxygen atoms in total. The zero-order chi connectivity index (χ0) is 20.3. The largest absolute Gasteiger partial charge is 0.450 e. The maximum atomic E-state index is 6.65. The number of hydrogen-bond acceptors (Lipinski definition) is 2. The molecule has 1 heterocycles. The lowest BCUT2D eigenvalue weighted by Gasteiger charge is -2.39. The summed E-state index contributed by atoms with van der Waals surface area (Å²) in [6.07, 6.45) is 1.98. The molecule has 0 aliphatic carbocycles. The van der Waals surface area contributed by atoms with Gasteiger partial charge in [-0.25, -0.2) is 4.98 Å². The molecule has 3 heteroatoms. The van der Waals surface area contributed by atoms with E-state index in [0.29, 0.717) is 16.6 Å². The van der Waals surface area contributed by atoms with E-state index in [1.807, 2.05) is 6.20 Å². The topological polar surface area (TPSA) is 26.0 Å². The highest BCUT2D eigenvalue weighted by Crippen LogP contribution is 2.41. The molecule has 1 aromatic heterocycles. The van der Waals surface area contributed by atoms with Gasteiger partial charge in [0.05, 0.1) is 12.1 Å². The Bertz CT molecular complexity index is 807. The van der Waals surface area contributed by atoms with Crippen LogP contribution in [0.4, 0.5) is 0 Å². The number of nitrogens with zero attached hydrogens (tertiary/aromatic N) is 1. The van der Waals surface area contributed by atoms with E-state index in [-0.39, 0.29) is 5.92 Å². The lowest BCUT2D eigenvalue weighted by molar-refractivity contribution is 0.518. The monoisotopic (exact) mass is 391 g/mol. The summed E-state index contributed by atoms with van der Waals surface area (Å²) < 4.78 is 6.65. The summed E-state index contributed by atoms with van der Waals surface area (Å²) in [7, 11) is -1.91. The summed E-state index contributed by atoms with van der Waals surface area (Å²) in [6.45, 7) is 14.1. The Kier molecular flexibility index (Phi) is 6.24. The van der Waals surface area contributed by atoms with E-state index in [1.165, 1.54) is 11.1 Å². The van der Waals surface area contributed by atoms with E-state index in [1.54, 1.807) is 0 Å². The van der Waals surface area contributed by atoms with Crippen molar-refractivity contribution in [3.05, 3.63) is 83.7 Å². The Labute approximate surface area is 171 Å². The van der Waals surface area contributed by atoms with Crippen LogP contribution < -0.4 is 5.51 Å². The predicted molar refractivity (Wildman–Crippen MR) is 121 cm³/mol. The summed E-state index contributed by atoms with van der Waals surface area (Å²) in [5.74, 6) is 1.02. The number of hydrogen-bond donors (Lipinski definition) is 0.